The van der Waals surface area contributed by atoms with Crippen LogP contribution in [-0.2, 0) is 17.3 Å². The van der Waals surface area contributed by atoms with Gasteiger partial charge in [-0.15, -0.1) is 0 Å². The van der Waals surface area contributed by atoms with Crippen molar-refractivity contribution in [2.24, 2.45) is 0 Å². The smallest absolute Gasteiger partial charge is 0.302 e. The van der Waals surface area contributed by atoms with Crippen molar-refractivity contribution in [2.45, 2.75) is 17.3 Å². The summed E-state index contributed by atoms with van der Waals surface area (Å²) in [5.41, 5.74) is 0.933. The van der Waals surface area contributed by atoms with E-state index in [4.69, 9.17) is 0 Å². The summed E-state index contributed by atoms with van der Waals surface area (Å²) in [6.45, 7) is 0. The maximum absolute atomic E-state index is 13.8. The van der Waals surface area contributed by atoms with Gasteiger partial charge < -0.3 is 5.10 Å². The van der Waals surface area contributed by atoms with Gasteiger partial charge in [-0.05, 0) is 30.0 Å². The zero-order valence-corrected chi connectivity index (χ0v) is 12.2. The lowest BCUT2D eigenvalue weighted by Gasteiger charge is -2.08. The van der Waals surface area contributed by atoms with Crippen molar-refractivity contribution in [2.75, 3.05) is 0 Å². The van der Waals surface area contributed by atoms with Crippen LogP contribution in [0.25, 0.3) is 0 Å². The largest absolute Gasteiger partial charge is 0.310 e. The fourth-order valence-corrected chi connectivity index (χ4v) is 2.58. The van der Waals surface area contributed by atoms with Crippen molar-refractivity contribution in [1.29, 1.82) is 0 Å². The first-order valence-electron chi connectivity index (χ1n) is 5.75. The molecule has 100 valence electrons. The number of alkyl halides is 1. The SMILES string of the molecule is O=c1cc(CCc2c(F)cccc2CI)[nH][nH]c1=O. The van der Waals surface area contributed by atoms with E-state index in [0.29, 0.717) is 24.1 Å². The van der Waals surface area contributed by atoms with Crippen LogP contribution in [0.5, 0.6) is 0 Å². The molecule has 6 heteroatoms. The summed E-state index contributed by atoms with van der Waals surface area (Å²) in [4.78, 5) is 22.1. The Bertz CT molecular complexity index is 694. The Morgan fingerprint density at radius 1 is 1.16 bits per heavy atom. The van der Waals surface area contributed by atoms with Gasteiger partial charge in [0.2, 0.25) is 5.43 Å². The van der Waals surface area contributed by atoms with Crippen LogP contribution >= 0.6 is 22.6 Å². The highest BCUT2D eigenvalue weighted by Gasteiger charge is 2.08. The molecule has 0 aliphatic heterocycles. The van der Waals surface area contributed by atoms with Gasteiger partial charge in [-0.2, -0.15) is 0 Å². The lowest BCUT2D eigenvalue weighted by Crippen LogP contribution is -2.27. The summed E-state index contributed by atoms with van der Waals surface area (Å²) in [7, 11) is 0. The lowest BCUT2D eigenvalue weighted by atomic mass is 10.0. The Hall–Kier alpha value is -1.44. The molecule has 0 amide bonds. The van der Waals surface area contributed by atoms with E-state index in [1.807, 2.05) is 6.07 Å². The highest BCUT2D eigenvalue weighted by atomic mass is 127. The van der Waals surface area contributed by atoms with Gasteiger partial charge in [-0.3, -0.25) is 14.7 Å². The number of hydrogen-bond acceptors (Lipinski definition) is 2. The van der Waals surface area contributed by atoms with Crippen LogP contribution in [0.3, 0.4) is 0 Å². The first kappa shape index (κ1) is 14.0. The van der Waals surface area contributed by atoms with E-state index in [2.05, 4.69) is 32.8 Å². The second kappa shape index (κ2) is 6.14. The molecule has 0 unspecified atom stereocenters. The second-order valence-electron chi connectivity index (χ2n) is 4.12. The minimum atomic E-state index is -0.678. The van der Waals surface area contributed by atoms with Gasteiger partial charge in [0, 0.05) is 16.2 Å². The molecule has 0 atom stereocenters. The molecule has 2 aromatic rings. The monoisotopic (exact) mass is 374 g/mol. The van der Waals surface area contributed by atoms with Crippen LogP contribution in [0, 0.1) is 5.82 Å². The fraction of sp³-hybridized carbons (Fsp3) is 0.231. The Kier molecular flexibility index (Phi) is 4.52. The summed E-state index contributed by atoms with van der Waals surface area (Å²) < 4.78 is 14.5. The third-order valence-corrected chi connectivity index (χ3v) is 3.69. The number of aromatic amines is 2. The molecule has 0 bridgehead atoms. The zero-order chi connectivity index (χ0) is 13.8. The molecule has 4 nitrogen and oxygen atoms in total. The van der Waals surface area contributed by atoms with E-state index in [1.54, 1.807) is 6.07 Å². The maximum Gasteiger partial charge on any atom is 0.310 e. The molecule has 0 saturated heterocycles. The van der Waals surface area contributed by atoms with Crippen molar-refractivity contribution in [1.82, 2.24) is 10.2 Å². The van der Waals surface area contributed by atoms with Crippen molar-refractivity contribution < 1.29 is 4.39 Å². The Balaban J connectivity index is 2.21. The minimum absolute atomic E-state index is 0.235. The molecule has 2 rings (SSSR count). The predicted molar refractivity (Wildman–Crippen MR) is 79.2 cm³/mol. The number of hydrogen-bond donors (Lipinski definition) is 2. The molecule has 0 spiro atoms. The third-order valence-electron chi connectivity index (χ3n) is 2.87. The van der Waals surface area contributed by atoms with Crippen LogP contribution in [0.15, 0.2) is 33.9 Å². The van der Waals surface area contributed by atoms with E-state index in [9.17, 15) is 14.0 Å². The minimum Gasteiger partial charge on any atom is -0.302 e. The molecular formula is C13H12FIN2O2. The summed E-state index contributed by atoms with van der Waals surface area (Å²) >= 11 is 2.19. The molecular weight excluding hydrogens is 362 g/mol. The quantitative estimate of drug-likeness (QED) is 0.488. The predicted octanol–water partition coefficient (Wildman–Crippen LogP) is 1.92. The van der Waals surface area contributed by atoms with Gasteiger partial charge >= 0.3 is 5.56 Å². The number of nitrogens with one attached hydrogen (secondary N) is 2. The molecule has 0 saturated carbocycles. The number of aryl methyl sites for hydroxylation is 1. The van der Waals surface area contributed by atoms with Crippen LogP contribution in [-0.4, -0.2) is 10.2 Å². The first-order chi connectivity index (χ1) is 9.11. The van der Waals surface area contributed by atoms with Crippen molar-refractivity contribution in [3.05, 3.63) is 67.5 Å². The molecule has 1 aromatic carbocycles. The summed E-state index contributed by atoms with van der Waals surface area (Å²) in [6.07, 6.45) is 0.948. The van der Waals surface area contributed by atoms with Gasteiger partial charge in [0.15, 0.2) is 0 Å². The molecule has 0 fully saturated rings. The number of H-pyrrole nitrogens is 2. The Labute approximate surface area is 122 Å². The average molecular weight is 374 g/mol. The topological polar surface area (TPSA) is 65.7 Å². The average Bonchev–Trinajstić information content (AvgIpc) is 2.41. The van der Waals surface area contributed by atoms with E-state index in [1.165, 1.54) is 12.1 Å². The fourth-order valence-electron chi connectivity index (χ4n) is 1.86. The molecule has 0 aliphatic rings. The molecule has 2 N–H and O–H groups in total. The molecule has 1 heterocycles. The first-order valence-corrected chi connectivity index (χ1v) is 7.27. The molecule has 0 aliphatic carbocycles. The van der Waals surface area contributed by atoms with Crippen LogP contribution in [0.1, 0.15) is 16.8 Å². The van der Waals surface area contributed by atoms with Gasteiger partial charge in [0.1, 0.15) is 5.82 Å². The van der Waals surface area contributed by atoms with Crippen molar-refractivity contribution in [3.8, 4) is 0 Å². The Morgan fingerprint density at radius 2 is 1.95 bits per heavy atom. The third kappa shape index (κ3) is 3.31. The summed E-state index contributed by atoms with van der Waals surface area (Å²) in [5, 5.41) is 4.90. The summed E-state index contributed by atoms with van der Waals surface area (Å²) in [6, 6.07) is 6.26. The van der Waals surface area contributed by atoms with Gasteiger partial charge in [-0.25, -0.2) is 4.39 Å². The highest BCUT2D eigenvalue weighted by Crippen LogP contribution is 2.18. The van der Waals surface area contributed by atoms with Gasteiger partial charge in [-0.1, -0.05) is 34.7 Å². The molecule has 0 radical (unpaired) electrons. The van der Waals surface area contributed by atoms with Gasteiger partial charge in [0.05, 0.1) is 0 Å². The van der Waals surface area contributed by atoms with Crippen LogP contribution in [0.4, 0.5) is 4.39 Å². The molecule has 1 aromatic heterocycles. The number of benzene rings is 1. The Morgan fingerprint density at radius 3 is 2.63 bits per heavy atom. The second-order valence-corrected chi connectivity index (χ2v) is 4.89. The van der Waals surface area contributed by atoms with E-state index in [-0.39, 0.29) is 5.82 Å². The standard InChI is InChI=1S/C13H12FIN2O2/c14-11-3-1-2-8(7-15)10(11)5-4-9-6-12(18)13(19)17-16-9/h1-3,6H,4-5,7H2,(H,16,18)(H,17,19). The number of rotatable bonds is 4. The number of aromatic nitrogens is 2. The van der Waals surface area contributed by atoms with E-state index < -0.39 is 11.0 Å². The lowest BCUT2D eigenvalue weighted by molar-refractivity contribution is 0.605. The normalized spacial score (nSPS) is 10.6. The molecule has 19 heavy (non-hydrogen) atoms. The maximum atomic E-state index is 13.8. The summed E-state index contributed by atoms with van der Waals surface area (Å²) in [5.74, 6) is -0.235. The van der Waals surface area contributed by atoms with Crippen LogP contribution < -0.4 is 11.0 Å². The van der Waals surface area contributed by atoms with Gasteiger partial charge in [0.25, 0.3) is 0 Å². The number of halogens is 2. The van der Waals surface area contributed by atoms with E-state index >= 15 is 0 Å². The highest BCUT2D eigenvalue weighted by molar-refractivity contribution is 14.1. The van der Waals surface area contributed by atoms with Crippen molar-refractivity contribution >= 4 is 22.6 Å². The van der Waals surface area contributed by atoms with E-state index in [0.717, 1.165) is 9.99 Å². The van der Waals surface area contributed by atoms with Crippen molar-refractivity contribution in [3.63, 3.8) is 0 Å². The van der Waals surface area contributed by atoms with Crippen LogP contribution in [0.2, 0.25) is 0 Å². The zero-order valence-electron chi connectivity index (χ0n) is 10.0.